The van der Waals surface area contributed by atoms with Gasteiger partial charge in [-0.25, -0.2) is 0 Å². The summed E-state index contributed by atoms with van der Waals surface area (Å²) in [5.41, 5.74) is 16.6. The Morgan fingerprint density at radius 1 is 0.741 bits per heavy atom. The lowest BCUT2D eigenvalue weighted by Crippen LogP contribution is -2.63. The molecule has 1 aliphatic heterocycles. The molecule has 21 nitrogen and oxygen atoms in total. The quantitative estimate of drug-likeness (QED) is 0.0485. The number of aromatic hydroxyl groups is 1. The summed E-state index contributed by atoms with van der Waals surface area (Å²) in [4.78, 5) is 109. The molecule has 2 rings (SSSR count). The fraction of sp³-hybridized carbons (Fsp3) is 0.545. The van der Waals surface area contributed by atoms with Crippen molar-refractivity contribution < 1.29 is 53.7 Å². The molecule has 54 heavy (non-hydrogen) atoms. The summed E-state index contributed by atoms with van der Waals surface area (Å²) in [6.45, 7) is 2.34. The Morgan fingerprint density at radius 3 is 1.80 bits per heavy atom. The first-order valence-electron chi connectivity index (χ1n) is 17.2. The smallest absolute Gasteiger partial charge is 0.303 e. The second kappa shape index (κ2) is 21.5. The zero-order valence-corrected chi connectivity index (χ0v) is 30.0. The fourth-order valence-corrected chi connectivity index (χ4v) is 5.30. The van der Waals surface area contributed by atoms with Gasteiger partial charge >= 0.3 is 5.97 Å². The van der Waals surface area contributed by atoms with Crippen LogP contribution < -0.4 is 49.1 Å². The van der Waals surface area contributed by atoms with Gasteiger partial charge in [-0.3, -0.25) is 43.3 Å². The normalized spacial score (nSPS) is 23.8. The first-order chi connectivity index (χ1) is 25.4. The summed E-state index contributed by atoms with van der Waals surface area (Å²) in [6.07, 6.45) is -1.75. The molecular weight excluding hydrogens is 712 g/mol. The number of hydrogen-bond donors (Lipinski definition) is 12. The molecule has 0 spiro atoms. The van der Waals surface area contributed by atoms with Crippen LogP contribution >= 0.6 is 0 Å². The number of carbonyl (C=O) groups is 8. The standard InChI is InChI=1S/C33H50N10O11/c1-3-16(2)26-32(54)39-20(10-11-25(47)48)28(50)42-23(15-44)31(53)38-19(5-4-12-37-33(35)36)27(49)41-22(14-24(34)46)29(51)40-21(30(52)43-26)13-17-6-8-18(45)9-7-17/h6-9,16,19-23,26,44-45H,3-5,10-15H2,1-2H3,(H2,34,46)(H,38,53)(H,39,54)(H,40,51)(H,41,49)(H,42,50)(H,43,52)(H,47,48)(H4,35,36,37)/t16-,19-,20+,21-,22-,23-,26-/m0/s1. The summed E-state index contributed by atoms with van der Waals surface area (Å²) in [6, 6.07) is -3.63. The average Bonchev–Trinajstić information content (AvgIpc) is 3.11. The van der Waals surface area contributed by atoms with Crippen LogP contribution in [-0.4, -0.2) is 118 Å². The van der Waals surface area contributed by atoms with Crippen LogP contribution in [-0.2, 0) is 44.8 Å². The molecule has 1 saturated heterocycles. The summed E-state index contributed by atoms with van der Waals surface area (Å²) >= 11 is 0. The van der Waals surface area contributed by atoms with Crippen molar-refractivity contribution in [2.75, 3.05) is 13.2 Å². The van der Waals surface area contributed by atoms with Crippen LogP contribution in [0.4, 0.5) is 0 Å². The van der Waals surface area contributed by atoms with E-state index in [0.717, 1.165) is 0 Å². The number of amides is 7. The molecule has 0 radical (unpaired) electrons. The van der Waals surface area contributed by atoms with Gasteiger partial charge in [0.05, 0.1) is 13.0 Å². The van der Waals surface area contributed by atoms with Crippen molar-refractivity contribution >= 4 is 53.3 Å². The van der Waals surface area contributed by atoms with E-state index in [2.05, 4.69) is 36.9 Å². The number of benzene rings is 1. The van der Waals surface area contributed by atoms with Crippen molar-refractivity contribution in [1.82, 2.24) is 31.9 Å². The van der Waals surface area contributed by atoms with Crippen molar-refractivity contribution in [3.05, 3.63) is 29.8 Å². The number of nitrogens with two attached hydrogens (primary N) is 3. The van der Waals surface area contributed by atoms with Crippen LogP contribution in [0.3, 0.4) is 0 Å². The van der Waals surface area contributed by atoms with Crippen molar-refractivity contribution in [3.8, 4) is 5.75 Å². The fourth-order valence-electron chi connectivity index (χ4n) is 5.30. The minimum absolute atomic E-state index is 0.00397. The molecule has 0 aliphatic carbocycles. The van der Waals surface area contributed by atoms with Gasteiger partial charge in [0.25, 0.3) is 0 Å². The predicted octanol–water partition coefficient (Wildman–Crippen LogP) is -4.31. The average molecular weight is 763 g/mol. The van der Waals surface area contributed by atoms with E-state index in [9.17, 15) is 53.7 Å². The third kappa shape index (κ3) is 14.6. The molecule has 1 heterocycles. The first kappa shape index (κ1) is 44.2. The van der Waals surface area contributed by atoms with Gasteiger partial charge in [-0.15, -0.1) is 0 Å². The number of carbonyl (C=O) groups excluding carboxylic acids is 7. The molecule has 298 valence electrons. The molecular formula is C33H50N10O11. The second-order valence-corrected chi connectivity index (χ2v) is 12.8. The lowest BCUT2D eigenvalue weighted by Gasteiger charge is -2.30. The number of nitrogens with one attached hydrogen (secondary N) is 6. The summed E-state index contributed by atoms with van der Waals surface area (Å²) < 4.78 is 0. The summed E-state index contributed by atoms with van der Waals surface area (Å²) in [7, 11) is 0. The van der Waals surface area contributed by atoms with Crippen LogP contribution in [0.15, 0.2) is 29.3 Å². The highest BCUT2D eigenvalue weighted by atomic mass is 16.4. The summed E-state index contributed by atoms with van der Waals surface area (Å²) in [5, 5.41) is 43.6. The molecule has 15 N–H and O–H groups in total. The van der Waals surface area contributed by atoms with Gasteiger partial charge in [0.15, 0.2) is 5.96 Å². The maximum absolute atomic E-state index is 13.9. The number of primary amides is 1. The Morgan fingerprint density at radius 2 is 1.24 bits per heavy atom. The number of phenolic OH excluding ortho intramolecular Hbond substituents is 1. The number of guanidine groups is 1. The van der Waals surface area contributed by atoms with Gasteiger partial charge in [0.2, 0.25) is 41.4 Å². The Bertz CT molecular complexity index is 1550. The summed E-state index contributed by atoms with van der Waals surface area (Å²) in [5.74, 6) is -9.20. The first-order valence-corrected chi connectivity index (χ1v) is 17.2. The zero-order valence-electron chi connectivity index (χ0n) is 30.0. The number of rotatable bonds is 14. The highest BCUT2D eigenvalue weighted by Gasteiger charge is 2.36. The number of carboxylic acid groups (broad SMARTS) is 1. The maximum Gasteiger partial charge on any atom is 0.303 e. The van der Waals surface area contributed by atoms with E-state index in [1.807, 2.05) is 0 Å². The van der Waals surface area contributed by atoms with Gasteiger partial charge < -0.3 is 64.4 Å². The number of aliphatic imine (C=N–C) groups is 1. The van der Waals surface area contributed by atoms with Crippen LogP contribution in [0.5, 0.6) is 5.75 Å². The van der Waals surface area contributed by atoms with E-state index in [0.29, 0.717) is 12.0 Å². The number of phenols is 1. The molecule has 7 amide bonds. The van der Waals surface area contributed by atoms with Crippen molar-refractivity contribution in [1.29, 1.82) is 0 Å². The number of aliphatic hydroxyl groups excluding tert-OH is 1. The van der Waals surface area contributed by atoms with Crippen LogP contribution in [0.1, 0.15) is 57.9 Å². The van der Waals surface area contributed by atoms with Crippen molar-refractivity contribution in [2.45, 2.75) is 95.0 Å². The number of nitrogens with zero attached hydrogens (tertiary/aromatic N) is 1. The van der Waals surface area contributed by atoms with Crippen LogP contribution in [0.2, 0.25) is 0 Å². The van der Waals surface area contributed by atoms with E-state index in [4.69, 9.17) is 17.2 Å². The molecule has 0 saturated carbocycles. The Labute approximate surface area is 310 Å². The minimum atomic E-state index is -1.72. The Kier molecular flexibility index (Phi) is 17.6. The lowest BCUT2D eigenvalue weighted by atomic mass is 9.96. The maximum atomic E-state index is 13.9. The van der Waals surface area contributed by atoms with E-state index in [1.165, 1.54) is 24.3 Å². The molecule has 1 aliphatic rings. The van der Waals surface area contributed by atoms with Gasteiger partial charge in [0.1, 0.15) is 42.0 Å². The van der Waals surface area contributed by atoms with E-state index < -0.39 is 115 Å². The largest absolute Gasteiger partial charge is 0.508 e. The highest BCUT2D eigenvalue weighted by Crippen LogP contribution is 2.14. The third-order valence-corrected chi connectivity index (χ3v) is 8.51. The lowest BCUT2D eigenvalue weighted by molar-refractivity contribution is -0.139. The van der Waals surface area contributed by atoms with Crippen molar-refractivity contribution in [2.24, 2.45) is 28.1 Å². The predicted molar refractivity (Wildman–Crippen MR) is 191 cm³/mol. The van der Waals surface area contributed by atoms with Gasteiger partial charge in [-0.05, 0) is 42.9 Å². The molecule has 1 fully saturated rings. The molecule has 0 unspecified atom stereocenters. The van der Waals surface area contributed by atoms with Gasteiger partial charge in [-0.2, -0.15) is 0 Å². The van der Waals surface area contributed by atoms with E-state index >= 15 is 0 Å². The van der Waals surface area contributed by atoms with Crippen LogP contribution in [0.25, 0.3) is 0 Å². The minimum Gasteiger partial charge on any atom is -0.508 e. The molecule has 21 heteroatoms. The number of hydrogen-bond acceptors (Lipinski definition) is 11. The van der Waals surface area contributed by atoms with Gasteiger partial charge in [-0.1, -0.05) is 32.4 Å². The highest BCUT2D eigenvalue weighted by molar-refractivity contribution is 5.99. The number of aliphatic carboxylic acids is 1. The number of carboxylic acids is 1. The molecule has 1 aromatic rings. The molecule has 7 atom stereocenters. The zero-order chi connectivity index (χ0) is 40.5. The van der Waals surface area contributed by atoms with Crippen molar-refractivity contribution in [3.63, 3.8) is 0 Å². The Hall–Kier alpha value is -5.99. The molecule has 0 aromatic heterocycles. The molecule has 0 bridgehead atoms. The molecule has 1 aromatic carbocycles. The van der Waals surface area contributed by atoms with E-state index in [-0.39, 0.29) is 37.5 Å². The third-order valence-electron chi connectivity index (χ3n) is 8.51. The monoisotopic (exact) mass is 762 g/mol. The van der Waals surface area contributed by atoms with Gasteiger partial charge in [0, 0.05) is 19.4 Å². The SMILES string of the molecule is CC[C@H](C)[C@@H]1NC(=O)[C@H](Cc2ccc(O)cc2)NC(=O)[C@H](CC(N)=O)NC(=O)[C@H](CCCN=C(N)N)NC(=O)[C@H](CO)NC(=O)[C@@H](CCC(=O)O)NC1=O. The Balaban J connectivity index is 2.69. The number of aliphatic hydroxyl groups is 1. The van der Waals surface area contributed by atoms with Crippen LogP contribution in [0, 0.1) is 5.92 Å². The second-order valence-electron chi connectivity index (χ2n) is 12.8. The topological polar surface area (TPSA) is 360 Å². The van der Waals surface area contributed by atoms with E-state index in [1.54, 1.807) is 13.8 Å².